The molecule has 1 N–H and O–H groups in total. The summed E-state index contributed by atoms with van der Waals surface area (Å²) in [6, 6.07) is 20.0. The largest absolute Gasteiger partial charge is 0.493 e. The Morgan fingerprint density at radius 1 is 1.00 bits per heavy atom. The molecule has 3 aromatic carbocycles. The molecule has 5 nitrogen and oxygen atoms in total. The predicted octanol–water partition coefficient (Wildman–Crippen LogP) is 6.01. The fourth-order valence-corrected chi connectivity index (χ4v) is 4.23. The Labute approximate surface area is 206 Å². The highest BCUT2D eigenvalue weighted by Crippen LogP contribution is 2.20. The minimum Gasteiger partial charge on any atom is -0.493 e. The van der Waals surface area contributed by atoms with Gasteiger partial charge in [-0.2, -0.15) is 0 Å². The number of aromatic nitrogens is 2. The van der Waals surface area contributed by atoms with Crippen molar-refractivity contribution in [1.82, 2.24) is 14.9 Å². The molecule has 0 aliphatic rings. The van der Waals surface area contributed by atoms with Crippen LogP contribution in [-0.2, 0) is 13.0 Å². The fourth-order valence-electron chi connectivity index (χ4n) is 4.23. The molecule has 4 rings (SSSR count). The zero-order valence-electron chi connectivity index (χ0n) is 20.4. The molecule has 182 valence electrons. The summed E-state index contributed by atoms with van der Waals surface area (Å²) in [5.74, 6) is 1.43. The Morgan fingerprint density at radius 3 is 2.60 bits per heavy atom. The van der Waals surface area contributed by atoms with E-state index in [1.165, 1.54) is 35.4 Å². The van der Waals surface area contributed by atoms with Crippen LogP contribution in [0.25, 0.3) is 11.0 Å². The molecule has 0 aliphatic heterocycles. The molecule has 0 saturated heterocycles. The fraction of sp³-hybridized carbons (Fsp3) is 0.310. The highest BCUT2D eigenvalue weighted by atomic mass is 19.1. The number of benzene rings is 3. The van der Waals surface area contributed by atoms with E-state index >= 15 is 0 Å². The van der Waals surface area contributed by atoms with Gasteiger partial charge in [0.05, 0.1) is 17.6 Å². The van der Waals surface area contributed by atoms with Gasteiger partial charge in [0.25, 0.3) is 5.91 Å². The second-order valence-electron chi connectivity index (χ2n) is 8.86. The number of amides is 1. The van der Waals surface area contributed by atoms with Crippen molar-refractivity contribution < 1.29 is 13.9 Å². The summed E-state index contributed by atoms with van der Waals surface area (Å²) in [7, 11) is 0. The number of ether oxygens (including phenoxy) is 1. The molecule has 0 spiro atoms. The first-order valence-electron chi connectivity index (χ1n) is 12.2. The lowest BCUT2D eigenvalue weighted by Gasteiger charge is -2.12. The molecule has 0 unspecified atom stereocenters. The van der Waals surface area contributed by atoms with E-state index in [1.807, 2.05) is 24.3 Å². The zero-order chi connectivity index (χ0) is 24.6. The van der Waals surface area contributed by atoms with Crippen molar-refractivity contribution in [2.24, 2.45) is 0 Å². The normalized spacial score (nSPS) is 11.1. The Hall–Kier alpha value is -3.67. The monoisotopic (exact) mass is 473 g/mol. The second-order valence-corrected chi connectivity index (χ2v) is 8.86. The van der Waals surface area contributed by atoms with Gasteiger partial charge in [-0.1, -0.05) is 29.8 Å². The van der Waals surface area contributed by atoms with Gasteiger partial charge < -0.3 is 14.6 Å². The van der Waals surface area contributed by atoms with Crippen LogP contribution in [0, 0.1) is 19.7 Å². The Bertz CT molecular complexity index is 1280. The topological polar surface area (TPSA) is 56.1 Å². The van der Waals surface area contributed by atoms with Crippen LogP contribution < -0.4 is 10.1 Å². The average molecular weight is 474 g/mol. The van der Waals surface area contributed by atoms with E-state index in [2.05, 4.69) is 41.9 Å². The molecule has 0 atom stereocenters. The van der Waals surface area contributed by atoms with Crippen LogP contribution in [0.4, 0.5) is 4.39 Å². The van der Waals surface area contributed by atoms with E-state index in [-0.39, 0.29) is 11.7 Å². The van der Waals surface area contributed by atoms with Crippen molar-refractivity contribution >= 4 is 16.9 Å². The van der Waals surface area contributed by atoms with E-state index < -0.39 is 0 Å². The third kappa shape index (κ3) is 6.47. The Balaban J connectivity index is 1.29. The van der Waals surface area contributed by atoms with Crippen LogP contribution in [-0.4, -0.2) is 28.6 Å². The second kappa shape index (κ2) is 11.6. The van der Waals surface area contributed by atoms with E-state index in [4.69, 9.17) is 9.72 Å². The SMILES string of the molecule is Cc1ccc(OCCCCn2c(CCCNC(=O)c3ccc(F)cc3)nc3ccccc32)c(C)c1. The molecular formula is C29H32FN3O2. The van der Waals surface area contributed by atoms with Crippen molar-refractivity contribution in [1.29, 1.82) is 0 Å². The summed E-state index contributed by atoms with van der Waals surface area (Å²) < 4.78 is 21.3. The van der Waals surface area contributed by atoms with E-state index in [0.717, 1.165) is 54.8 Å². The molecule has 0 saturated carbocycles. The quantitative estimate of drug-likeness (QED) is 0.271. The first-order valence-corrected chi connectivity index (χ1v) is 12.2. The van der Waals surface area contributed by atoms with Gasteiger partial charge in [0.15, 0.2) is 0 Å². The number of halogens is 1. The van der Waals surface area contributed by atoms with Gasteiger partial charge in [-0.25, -0.2) is 9.37 Å². The molecular weight excluding hydrogens is 441 g/mol. The Morgan fingerprint density at radius 2 is 1.80 bits per heavy atom. The van der Waals surface area contributed by atoms with Gasteiger partial charge in [-0.15, -0.1) is 0 Å². The third-order valence-electron chi connectivity index (χ3n) is 6.07. The summed E-state index contributed by atoms with van der Waals surface area (Å²) in [5, 5.41) is 2.91. The summed E-state index contributed by atoms with van der Waals surface area (Å²) in [4.78, 5) is 17.1. The molecule has 6 heteroatoms. The highest BCUT2D eigenvalue weighted by Gasteiger charge is 2.11. The van der Waals surface area contributed by atoms with Crippen molar-refractivity contribution in [3.63, 3.8) is 0 Å². The van der Waals surface area contributed by atoms with Crippen LogP contribution in [0.2, 0.25) is 0 Å². The van der Waals surface area contributed by atoms with E-state index in [0.29, 0.717) is 18.7 Å². The number of aryl methyl sites for hydroxylation is 4. The number of nitrogens with one attached hydrogen (secondary N) is 1. The van der Waals surface area contributed by atoms with Crippen LogP contribution in [0.5, 0.6) is 5.75 Å². The molecule has 1 heterocycles. The molecule has 0 fully saturated rings. The van der Waals surface area contributed by atoms with Gasteiger partial charge in [0.2, 0.25) is 0 Å². The van der Waals surface area contributed by atoms with Crippen molar-refractivity contribution in [3.05, 3.63) is 95.1 Å². The number of imidazole rings is 1. The van der Waals surface area contributed by atoms with Gasteiger partial charge >= 0.3 is 0 Å². The molecule has 1 amide bonds. The average Bonchev–Trinajstić information content (AvgIpc) is 3.20. The number of hydrogen-bond acceptors (Lipinski definition) is 3. The van der Waals surface area contributed by atoms with Gasteiger partial charge in [-0.3, -0.25) is 4.79 Å². The summed E-state index contributed by atoms with van der Waals surface area (Å²) in [6.07, 6.45) is 3.47. The minimum atomic E-state index is -0.350. The third-order valence-corrected chi connectivity index (χ3v) is 6.07. The number of nitrogens with zero attached hydrogens (tertiary/aromatic N) is 2. The molecule has 0 radical (unpaired) electrons. The van der Waals surface area contributed by atoms with Gasteiger partial charge in [0, 0.05) is 25.1 Å². The number of unbranched alkanes of at least 4 members (excludes halogenated alkanes) is 1. The molecule has 1 aromatic heterocycles. The standard InChI is InChI=1S/C29H32FN3O2/c1-21-11-16-27(22(2)20-21)35-19-6-5-18-33-26-9-4-3-8-25(26)32-28(33)10-7-17-31-29(34)23-12-14-24(30)15-13-23/h3-4,8-9,11-16,20H,5-7,10,17-19H2,1-2H3,(H,31,34). The van der Waals surface area contributed by atoms with E-state index in [9.17, 15) is 9.18 Å². The number of rotatable bonds is 11. The van der Waals surface area contributed by atoms with Crippen molar-refractivity contribution in [2.45, 2.75) is 46.1 Å². The maximum atomic E-state index is 13.1. The number of carbonyl (C=O) groups is 1. The molecule has 4 aromatic rings. The van der Waals surface area contributed by atoms with Gasteiger partial charge in [0.1, 0.15) is 17.4 Å². The molecule has 35 heavy (non-hydrogen) atoms. The first kappa shape index (κ1) is 24.5. The summed E-state index contributed by atoms with van der Waals surface area (Å²) >= 11 is 0. The minimum absolute atomic E-state index is 0.192. The number of hydrogen-bond donors (Lipinski definition) is 1. The lowest BCUT2D eigenvalue weighted by atomic mass is 10.1. The summed E-state index contributed by atoms with van der Waals surface area (Å²) in [5.41, 5.74) is 4.99. The van der Waals surface area contributed by atoms with Crippen LogP contribution in [0.15, 0.2) is 66.7 Å². The molecule has 0 aliphatic carbocycles. The van der Waals surface area contributed by atoms with Crippen molar-refractivity contribution in [2.75, 3.05) is 13.2 Å². The van der Waals surface area contributed by atoms with Gasteiger partial charge in [-0.05, 0) is 81.1 Å². The number of para-hydroxylation sites is 2. The van der Waals surface area contributed by atoms with Crippen LogP contribution in [0.1, 0.15) is 46.6 Å². The zero-order valence-corrected chi connectivity index (χ0v) is 20.4. The van der Waals surface area contributed by atoms with Crippen LogP contribution >= 0.6 is 0 Å². The Kier molecular flexibility index (Phi) is 8.14. The maximum Gasteiger partial charge on any atom is 0.251 e. The maximum absolute atomic E-state index is 13.1. The number of fused-ring (bicyclic) bond motifs is 1. The summed E-state index contributed by atoms with van der Waals surface area (Å²) in [6.45, 7) is 6.25. The highest BCUT2D eigenvalue weighted by molar-refractivity contribution is 5.94. The first-order chi connectivity index (χ1) is 17.0. The van der Waals surface area contributed by atoms with Crippen LogP contribution in [0.3, 0.4) is 0 Å². The lowest BCUT2D eigenvalue weighted by molar-refractivity contribution is 0.0953. The van der Waals surface area contributed by atoms with Crippen molar-refractivity contribution in [3.8, 4) is 5.75 Å². The molecule has 0 bridgehead atoms. The lowest BCUT2D eigenvalue weighted by Crippen LogP contribution is -2.25. The number of carbonyl (C=O) groups excluding carboxylic acids is 1. The smallest absolute Gasteiger partial charge is 0.251 e. The van der Waals surface area contributed by atoms with E-state index in [1.54, 1.807) is 0 Å². The predicted molar refractivity (Wildman–Crippen MR) is 137 cm³/mol.